The van der Waals surface area contributed by atoms with Crippen molar-refractivity contribution in [2.75, 3.05) is 11.6 Å². The zero-order valence-electron chi connectivity index (χ0n) is 9.97. The number of nitrogens with two attached hydrogens (primary N) is 2. The second-order valence-electron chi connectivity index (χ2n) is 3.82. The van der Waals surface area contributed by atoms with E-state index in [1.54, 1.807) is 25.1 Å². The molecule has 2 aromatic heterocycles. The van der Waals surface area contributed by atoms with Gasteiger partial charge in [0.2, 0.25) is 0 Å². The lowest BCUT2D eigenvalue weighted by atomic mass is 10.0. The lowest BCUT2D eigenvalue weighted by molar-refractivity contribution is 0.548. The number of furan rings is 1. The van der Waals surface area contributed by atoms with Gasteiger partial charge in [0, 0.05) is 0 Å². The maximum Gasteiger partial charge on any atom is 0.289 e. The first-order valence-electron chi connectivity index (χ1n) is 5.21. The van der Waals surface area contributed by atoms with Gasteiger partial charge in [0.15, 0.2) is 0 Å². The molecule has 0 aromatic carbocycles. The number of anilines is 1. The van der Waals surface area contributed by atoms with E-state index < -0.39 is 5.56 Å². The molecular formula is C12H9N5O2. The molecule has 0 bridgehead atoms. The van der Waals surface area contributed by atoms with Crippen molar-refractivity contribution < 1.29 is 4.42 Å². The van der Waals surface area contributed by atoms with Crippen LogP contribution < -0.4 is 17.1 Å². The SMILES string of the molecule is Cc1ccc(-c2c(C#N)c(N)n(N)c(=O)c2C#N)o1. The van der Waals surface area contributed by atoms with Crippen molar-refractivity contribution in [3.8, 4) is 23.5 Å². The number of nitriles is 2. The van der Waals surface area contributed by atoms with Crippen LogP contribution >= 0.6 is 0 Å². The zero-order valence-corrected chi connectivity index (χ0v) is 9.97. The van der Waals surface area contributed by atoms with Gasteiger partial charge in [0.1, 0.15) is 40.6 Å². The van der Waals surface area contributed by atoms with Crippen LogP contribution in [0, 0.1) is 29.6 Å². The lowest BCUT2D eigenvalue weighted by Gasteiger charge is -2.10. The summed E-state index contributed by atoms with van der Waals surface area (Å²) in [6, 6.07) is 6.79. The molecule has 0 atom stereocenters. The Labute approximate surface area is 107 Å². The van der Waals surface area contributed by atoms with E-state index in [2.05, 4.69) is 0 Å². The Balaban J connectivity index is 2.99. The van der Waals surface area contributed by atoms with E-state index in [1.165, 1.54) is 0 Å². The zero-order chi connectivity index (χ0) is 14.2. The topological polar surface area (TPSA) is 135 Å². The third kappa shape index (κ3) is 1.70. The average Bonchev–Trinajstić information content (AvgIpc) is 2.82. The van der Waals surface area contributed by atoms with Gasteiger partial charge in [-0.1, -0.05) is 0 Å². The summed E-state index contributed by atoms with van der Waals surface area (Å²) in [6.07, 6.45) is 0. The Hall–Kier alpha value is -3.19. The second kappa shape index (κ2) is 4.24. The highest BCUT2D eigenvalue weighted by Gasteiger charge is 2.22. The van der Waals surface area contributed by atoms with Crippen molar-refractivity contribution in [3.63, 3.8) is 0 Å². The van der Waals surface area contributed by atoms with Gasteiger partial charge in [0.25, 0.3) is 5.56 Å². The first-order chi connectivity index (χ1) is 9.01. The Morgan fingerprint density at radius 1 is 1.26 bits per heavy atom. The van der Waals surface area contributed by atoms with E-state index >= 15 is 0 Å². The van der Waals surface area contributed by atoms with Crippen molar-refractivity contribution in [3.05, 3.63) is 39.4 Å². The van der Waals surface area contributed by atoms with Crippen LogP contribution in [-0.2, 0) is 0 Å². The Kier molecular flexibility index (Phi) is 2.74. The molecule has 2 heterocycles. The summed E-state index contributed by atoms with van der Waals surface area (Å²) in [5.74, 6) is 6.03. The predicted molar refractivity (Wildman–Crippen MR) is 67.1 cm³/mol. The minimum atomic E-state index is -0.775. The average molecular weight is 255 g/mol. The number of nitrogen functional groups attached to an aromatic ring is 2. The molecule has 0 radical (unpaired) electrons. The Morgan fingerprint density at radius 2 is 1.89 bits per heavy atom. The van der Waals surface area contributed by atoms with Gasteiger partial charge in [0.05, 0.1) is 5.56 Å². The Bertz CT molecular complexity index is 801. The monoisotopic (exact) mass is 255 g/mol. The number of aromatic nitrogens is 1. The summed E-state index contributed by atoms with van der Waals surface area (Å²) in [4.78, 5) is 11.9. The van der Waals surface area contributed by atoms with E-state index in [0.717, 1.165) is 0 Å². The fraction of sp³-hybridized carbons (Fsp3) is 0.0833. The van der Waals surface area contributed by atoms with Crippen LogP contribution in [0.3, 0.4) is 0 Å². The number of pyridine rings is 1. The summed E-state index contributed by atoms with van der Waals surface area (Å²) >= 11 is 0. The summed E-state index contributed by atoms with van der Waals surface area (Å²) < 4.78 is 5.94. The minimum absolute atomic E-state index is 0.0620. The molecule has 0 spiro atoms. The molecule has 0 amide bonds. The molecule has 0 unspecified atom stereocenters. The minimum Gasteiger partial charge on any atom is -0.461 e. The van der Waals surface area contributed by atoms with Crippen LogP contribution in [0.15, 0.2) is 21.3 Å². The van der Waals surface area contributed by atoms with E-state index in [1.807, 2.05) is 6.07 Å². The van der Waals surface area contributed by atoms with Gasteiger partial charge in [-0.25, -0.2) is 4.68 Å². The fourth-order valence-electron chi connectivity index (χ4n) is 1.74. The van der Waals surface area contributed by atoms with Gasteiger partial charge in [-0.15, -0.1) is 0 Å². The molecule has 0 aliphatic carbocycles. The van der Waals surface area contributed by atoms with Gasteiger partial charge in [-0.05, 0) is 19.1 Å². The molecule has 2 aromatic rings. The van der Waals surface area contributed by atoms with Gasteiger partial charge >= 0.3 is 0 Å². The van der Waals surface area contributed by atoms with E-state index in [0.29, 0.717) is 10.4 Å². The molecule has 19 heavy (non-hydrogen) atoms. The first kappa shape index (κ1) is 12.3. The molecule has 4 N–H and O–H groups in total. The van der Waals surface area contributed by atoms with Crippen LogP contribution in [0.5, 0.6) is 0 Å². The van der Waals surface area contributed by atoms with Crippen LogP contribution in [-0.4, -0.2) is 4.68 Å². The Morgan fingerprint density at radius 3 is 2.37 bits per heavy atom. The molecule has 0 saturated heterocycles. The predicted octanol–water partition coefficient (Wildman–Crippen LogP) is 0.456. The van der Waals surface area contributed by atoms with Crippen molar-refractivity contribution in [1.29, 1.82) is 10.5 Å². The van der Waals surface area contributed by atoms with Crippen molar-refractivity contribution in [1.82, 2.24) is 4.68 Å². The van der Waals surface area contributed by atoms with Crippen LogP contribution in [0.4, 0.5) is 5.82 Å². The number of aryl methyl sites for hydroxylation is 1. The smallest absolute Gasteiger partial charge is 0.289 e. The largest absolute Gasteiger partial charge is 0.461 e. The highest BCUT2D eigenvalue weighted by Crippen LogP contribution is 2.29. The van der Waals surface area contributed by atoms with Crippen molar-refractivity contribution in [2.45, 2.75) is 6.92 Å². The standard InChI is InChI=1S/C12H9N5O2/c1-6-2-3-9(19-6)10-7(4-13)11(15)17(16)12(18)8(10)5-14/h2-3H,15-16H2,1H3. The molecule has 0 fully saturated rings. The maximum absolute atomic E-state index is 11.9. The van der Waals surface area contributed by atoms with Crippen LogP contribution in [0.1, 0.15) is 16.9 Å². The number of hydrogen-bond donors (Lipinski definition) is 2. The maximum atomic E-state index is 11.9. The molecule has 7 heteroatoms. The van der Waals surface area contributed by atoms with Crippen LogP contribution in [0.2, 0.25) is 0 Å². The van der Waals surface area contributed by atoms with Gasteiger partial charge in [-0.3, -0.25) is 4.79 Å². The third-order valence-electron chi connectivity index (χ3n) is 2.66. The summed E-state index contributed by atoms with van der Waals surface area (Å²) in [5, 5.41) is 18.2. The molecule has 0 saturated carbocycles. The van der Waals surface area contributed by atoms with E-state index in [9.17, 15) is 4.79 Å². The number of hydrogen-bond acceptors (Lipinski definition) is 6. The number of nitrogens with zero attached hydrogens (tertiary/aromatic N) is 3. The third-order valence-corrected chi connectivity index (χ3v) is 2.66. The molecular weight excluding hydrogens is 246 g/mol. The number of rotatable bonds is 1. The summed E-state index contributed by atoms with van der Waals surface area (Å²) in [7, 11) is 0. The highest BCUT2D eigenvalue weighted by atomic mass is 16.3. The fourth-order valence-corrected chi connectivity index (χ4v) is 1.74. The van der Waals surface area contributed by atoms with Crippen molar-refractivity contribution >= 4 is 5.82 Å². The van der Waals surface area contributed by atoms with Gasteiger partial charge < -0.3 is 16.0 Å². The molecule has 94 valence electrons. The van der Waals surface area contributed by atoms with E-state index in [4.69, 9.17) is 26.5 Å². The summed E-state index contributed by atoms with van der Waals surface area (Å²) in [6.45, 7) is 1.70. The van der Waals surface area contributed by atoms with Gasteiger partial charge in [-0.2, -0.15) is 10.5 Å². The molecule has 0 aliphatic heterocycles. The first-order valence-corrected chi connectivity index (χ1v) is 5.21. The van der Waals surface area contributed by atoms with Crippen molar-refractivity contribution in [2.24, 2.45) is 0 Å². The normalized spacial score (nSPS) is 9.84. The lowest BCUT2D eigenvalue weighted by Crippen LogP contribution is -2.33. The molecule has 0 aliphatic rings. The highest BCUT2D eigenvalue weighted by molar-refractivity contribution is 5.77. The van der Waals surface area contributed by atoms with E-state index in [-0.39, 0.29) is 28.3 Å². The molecule has 2 rings (SSSR count). The quantitative estimate of drug-likeness (QED) is 0.710. The van der Waals surface area contributed by atoms with Crippen LogP contribution in [0.25, 0.3) is 11.3 Å². The summed E-state index contributed by atoms with van der Waals surface area (Å²) in [5.41, 5.74) is 4.59. The second-order valence-corrected chi connectivity index (χ2v) is 3.82. The molecule has 7 nitrogen and oxygen atoms in total.